The Hall–Kier alpha value is -2.39. The minimum Gasteiger partial charge on any atom is -0.480 e. The third kappa shape index (κ3) is 2.44. The topological polar surface area (TPSA) is 102 Å². The highest BCUT2D eigenvalue weighted by atomic mass is 16.4. The molecule has 1 heterocycles. The zero-order valence-electron chi connectivity index (χ0n) is 12.7. The van der Waals surface area contributed by atoms with Gasteiger partial charge in [-0.3, -0.25) is 4.79 Å². The number of carboxylic acid groups (broad SMARTS) is 1. The van der Waals surface area contributed by atoms with Crippen LogP contribution >= 0.6 is 0 Å². The third-order valence-corrected chi connectivity index (χ3v) is 3.87. The highest BCUT2D eigenvalue weighted by molar-refractivity contribution is 6.01. The minimum absolute atomic E-state index is 0.158. The summed E-state index contributed by atoms with van der Waals surface area (Å²) in [6, 6.07) is 4.76. The molecule has 0 saturated carbocycles. The smallest absolute Gasteiger partial charge is 0.328 e. The molecule has 2 atom stereocenters. The van der Waals surface area contributed by atoms with E-state index in [9.17, 15) is 20.0 Å². The number of carbonyl (C=O) groups excluding carboxylic acids is 1. The third-order valence-electron chi connectivity index (χ3n) is 3.87. The van der Waals surface area contributed by atoms with Gasteiger partial charge in [0.2, 0.25) is 0 Å². The molecule has 0 aromatic heterocycles. The average Bonchev–Trinajstić information content (AvgIpc) is 2.71. The van der Waals surface area contributed by atoms with Gasteiger partial charge in [0.15, 0.2) is 6.04 Å². The summed E-state index contributed by atoms with van der Waals surface area (Å²) in [6.45, 7) is 5.30. The minimum atomic E-state index is -1.43. The molecule has 1 aliphatic rings. The van der Waals surface area contributed by atoms with Crippen LogP contribution in [-0.4, -0.2) is 39.6 Å². The standard InChI is InChI=1S/C16H18N2O4/c1-16(2,3)9-4-5-10-11(6-9)12(7-17)18(14(10)20)13(8-19)15(21)22/h4-6,12-13,19H,8H2,1-3H3,(H,21,22). The molecule has 1 amide bonds. The monoisotopic (exact) mass is 302 g/mol. The summed E-state index contributed by atoms with van der Waals surface area (Å²) in [6.07, 6.45) is 0. The van der Waals surface area contributed by atoms with Crippen LogP contribution in [0.3, 0.4) is 0 Å². The number of hydrogen-bond donors (Lipinski definition) is 2. The molecule has 0 saturated heterocycles. The van der Waals surface area contributed by atoms with Crippen LogP contribution in [-0.2, 0) is 10.2 Å². The second kappa shape index (κ2) is 5.43. The Labute approximate surface area is 128 Å². The van der Waals surface area contributed by atoms with E-state index in [1.807, 2.05) is 32.9 Å². The molecule has 0 bridgehead atoms. The quantitative estimate of drug-likeness (QED) is 0.880. The van der Waals surface area contributed by atoms with Gasteiger partial charge < -0.3 is 15.1 Å². The summed E-state index contributed by atoms with van der Waals surface area (Å²) in [5.74, 6) is -1.87. The molecular weight excluding hydrogens is 284 g/mol. The Morgan fingerprint density at radius 2 is 2.09 bits per heavy atom. The molecule has 6 heteroatoms. The molecule has 116 valence electrons. The van der Waals surface area contributed by atoms with Crippen LogP contribution < -0.4 is 0 Å². The molecule has 1 aliphatic heterocycles. The van der Waals surface area contributed by atoms with Gasteiger partial charge in [0.05, 0.1) is 12.7 Å². The number of nitriles is 1. The lowest BCUT2D eigenvalue weighted by Gasteiger charge is -2.25. The number of benzene rings is 1. The summed E-state index contributed by atoms with van der Waals surface area (Å²) in [5.41, 5.74) is 1.62. The van der Waals surface area contributed by atoms with Gasteiger partial charge in [0.1, 0.15) is 6.04 Å². The first-order valence-electron chi connectivity index (χ1n) is 6.92. The van der Waals surface area contributed by atoms with E-state index in [0.29, 0.717) is 11.1 Å². The van der Waals surface area contributed by atoms with Gasteiger partial charge >= 0.3 is 5.97 Å². The highest BCUT2D eigenvalue weighted by Crippen LogP contribution is 2.37. The second-order valence-corrected chi connectivity index (χ2v) is 6.33. The molecule has 1 aromatic rings. The lowest BCUT2D eigenvalue weighted by Crippen LogP contribution is -2.45. The molecule has 0 radical (unpaired) electrons. The number of nitrogens with zero attached hydrogens (tertiary/aromatic N) is 2. The number of aliphatic hydroxyl groups is 1. The Balaban J connectivity index is 2.55. The fraction of sp³-hybridized carbons (Fsp3) is 0.438. The molecule has 6 nitrogen and oxygen atoms in total. The zero-order valence-corrected chi connectivity index (χ0v) is 12.7. The number of carbonyl (C=O) groups is 2. The Morgan fingerprint density at radius 1 is 1.45 bits per heavy atom. The normalized spacial score (nSPS) is 18.8. The molecule has 0 spiro atoms. The predicted molar refractivity (Wildman–Crippen MR) is 78.2 cm³/mol. The van der Waals surface area contributed by atoms with Crippen LogP contribution in [0.15, 0.2) is 18.2 Å². The number of aliphatic carboxylic acids is 1. The maximum absolute atomic E-state index is 12.4. The summed E-state index contributed by atoms with van der Waals surface area (Å²) >= 11 is 0. The number of aliphatic hydroxyl groups excluding tert-OH is 1. The van der Waals surface area contributed by atoms with Crippen molar-refractivity contribution in [2.24, 2.45) is 0 Å². The molecule has 0 aliphatic carbocycles. The lowest BCUT2D eigenvalue weighted by molar-refractivity contribution is -0.144. The summed E-state index contributed by atoms with van der Waals surface area (Å²) in [4.78, 5) is 24.6. The van der Waals surface area contributed by atoms with Crippen LogP contribution in [0.1, 0.15) is 48.3 Å². The predicted octanol–water partition coefficient (Wildman–Crippen LogP) is 1.45. The summed E-state index contributed by atoms with van der Waals surface area (Å²) < 4.78 is 0. The van der Waals surface area contributed by atoms with E-state index >= 15 is 0 Å². The van der Waals surface area contributed by atoms with E-state index in [1.165, 1.54) is 0 Å². The number of rotatable bonds is 3. The van der Waals surface area contributed by atoms with Crippen molar-refractivity contribution in [3.05, 3.63) is 34.9 Å². The van der Waals surface area contributed by atoms with Gasteiger partial charge in [0.25, 0.3) is 5.91 Å². The van der Waals surface area contributed by atoms with Gasteiger partial charge in [-0.1, -0.05) is 32.9 Å². The van der Waals surface area contributed by atoms with Crippen molar-refractivity contribution < 1.29 is 19.8 Å². The molecule has 22 heavy (non-hydrogen) atoms. The first kappa shape index (κ1) is 16.0. The van der Waals surface area contributed by atoms with Gasteiger partial charge in [-0.2, -0.15) is 5.26 Å². The fourth-order valence-electron chi connectivity index (χ4n) is 2.59. The van der Waals surface area contributed by atoms with E-state index in [-0.39, 0.29) is 5.41 Å². The van der Waals surface area contributed by atoms with Gasteiger partial charge in [-0.15, -0.1) is 0 Å². The Morgan fingerprint density at radius 3 is 2.55 bits per heavy atom. The fourth-order valence-corrected chi connectivity index (χ4v) is 2.59. The summed E-state index contributed by atoms with van der Waals surface area (Å²) in [5, 5.41) is 27.8. The molecule has 0 fully saturated rings. The van der Waals surface area contributed by atoms with Crippen molar-refractivity contribution in [2.45, 2.75) is 38.3 Å². The Bertz CT molecular complexity index is 670. The Kier molecular flexibility index (Phi) is 3.94. The largest absolute Gasteiger partial charge is 0.480 e. The molecule has 2 N–H and O–H groups in total. The van der Waals surface area contributed by atoms with Crippen LogP contribution in [0.25, 0.3) is 0 Å². The highest BCUT2D eigenvalue weighted by Gasteiger charge is 2.43. The first-order valence-corrected chi connectivity index (χ1v) is 6.92. The molecular formula is C16H18N2O4. The van der Waals surface area contributed by atoms with E-state index in [0.717, 1.165) is 10.5 Å². The van der Waals surface area contributed by atoms with Crippen molar-refractivity contribution >= 4 is 11.9 Å². The average molecular weight is 302 g/mol. The zero-order chi connectivity index (χ0) is 16.7. The van der Waals surface area contributed by atoms with Crippen LogP contribution in [0, 0.1) is 11.3 Å². The van der Waals surface area contributed by atoms with Crippen molar-refractivity contribution in [3.63, 3.8) is 0 Å². The number of hydrogen-bond acceptors (Lipinski definition) is 4. The maximum Gasteiger partial charge on any atom is 0.328 e. The molecule has 2 unspecified atom stereocenters. The van der Waals surface area contributed by atoms with Crippen LogP contribution in [0.2, 0.25) is 0 Å². The lowest BCUT2D eigenvalue weighted by atomic mass is 9.85. The maximum atomic E-state index is 12.4. The van der Waals surface area contributed by atoms with Crippen molar-refractivity contribution in [1.29, 1.82) is 5.26 Å². The van der Waals surface area contributed by atoms with E-state index in [4.69, 9.17) is 5.11 Å². The number of fused-ring (bicyclic) bond motifs is 1. The van der Waals surface area contributed by atoms with Crippen molar-refractivity contribution in [3.8, 4) is 6.07 Å². The number of carboxylic acids is 1. The van der Waals surface area contributed by atoms with Crippen molar-refractivity contribution in [1.82, 2.24) is 4.90 Å². The summed E-state index contributed by atoms with van der Waals surface area (Å²) in [7, 11) is 0. The first-order chi connectivity index (χ1) is 10.2. The van der Waals surface area contributed by atoms with Crippen LogP contribution in [0.4, 0.5) is 0 Å². The molecule has 2 rings (SSSR count). The second-order valence-electron chi connectivity index (χ2n) is 6.33. The molecule has 1 aromatic carbocycles. The number of amides is 1. The van der Waals surface area contributed by atoms with Gasteiger partial charge in [0, 0.05) is 11.1 Å². The van der Waals surface area contributed by atoms with Crippen LogP contribution in [0.5, 0.6) is 0 Å². The van der Waals surface area contributed by atoms with Gasteiger partial charge in [-0.05, 0) is 17.0 Å². The van der Waals surface area contributed by atoms with Crippen molar-refractivity contribution in [2.75, 3.05) is 6.61 Å². The SMILES string of the molecule is CC(C)(C)c1ccc2c(c1)C(C#N)N(C(CO)C(=O)O)C2=O. The van der Waals surface area contributed by atoms with Gasteiger partial charge in [-0.25, -0.2) is 4.79 Å². The van der Waals surface area contributed by atoms with E-state index < -0.39 is 30.6 Å². The van der Waals surface area contributed by atoms with E-state index in [2.05, 4.69) is 0 Å². The van der Waals surface area contributed by atoms with E-state index in [1.54, 1.807) is 12.1 Å².